The normalized spacial score (nSPS) is 39.8. The quantitative estimate of drug-likeness (QED) is 0.319. The van der Waals surface area contributed by atoms with Crippen molar-refractivity contribution in [2.75, 3.05) is 0 Å². The third-order valence-electron chi connectivity index (χ3n) is 9.73. The van der Waals surface area contributed by atoms with Crippen LogP contribution >= 0.6 is 0 Å². The second-order valence-corrected chi connectivity index (χ2v) is 10.9. The Morgan fingerprint density at radius 3 is 1.94 bits per heavy atom. The minimum atomic E-state index is -1.30. The van der Waals surface area contributed by atoms with Gasteiger partial charge in [-0.2, -0.15) is 0 Å². The van der Waals surface area contributed by atoms with Gasteiger partial charge in [0.05, 0.1) is 23.0 Å². The summed E-state index contributed by atoms with van der Waals surface area (Å²) in [7, 11) is 0. The number of carbonyl (C=O) groups is 2. The monoisotopic (exact) mass is 436 g/mol. The zero-order valence-corrected chi connectivity index (χ0v) is 20.3. The number of rotatable bonds is 14. The lowest BCUT2D eigenvalue weighted by atomic mass is 9.48. The number of carboxylic acids is 2. The molecule has 178 valence electrons. The molecule has 0 radical (unpaired) electrons. The molecule has 2 bridgehead atoms. The van der Waals surface area contributed by atoms with Gasteiger partial charge in [-0.15, -0.1) is 0 Å². The van der Waals surface area contributed by atoms with E-state index in [1.54, 1.807) is 6.92 Å². The third kappa shape index (κ3) is 3.45. The first-order valence-electron chi connectivity index (χ1n) is 12.8. The van der Waals surface area contributed by atoms with Gasteiger partial charge < -0.3 is 14.9 Å². The second kappa shape index (κ2) is 9.03. The summed E-state index contributed by atoms with van der Waals surface area (Å²) in [5.74, 6) is -1.36. The van der Waals surface area contributed by atoms with Crippen molar-refractivity contribution in [1.29, 1.82) is 0 Å². The van der Waals surface area contributed by atoms with E-state index >= 15 is 0 Å². The van der Waals surface area contributed by atoms with Gasteiger partial charge in [0.2, 0.25) is 0 Å². The van der Waals surface area contributed by atoms with Gasteiger partial charge in [0.1, 0.15) is 0 Å². The summed E-state index contributed by atoms with van der Waals surface area (Å²) in [5, 5.41) is 21.4. The van der Waals surface area contributed by atoms with E-state index in [1.165, 1.54) is 0 Å². The number of fused-ring (bicyclic) bond motifs is 5. The van der Waals surface area contributed by atoms with Gasteiger partial charge in [0, 0.05) is 11.3 Å². The highest BCUT2D eigenvalue weighted by Gasteiger charge is 2.88. The van der Waals surface area contributed by atoms with Crippen molar-refractivity contribution in [3.8, 4) is 0 Å². The zero-order valence-electron chi connectivity index (χ0n) is 20.3. The number of carboxylic acid groups (broad SMARTS) is 2. The Labute approximate surface area is 188 Å². The van der Waals surface area contributed by atoms with Gasteiger partial charge in [-0.05, 0) is 38.0 Å². The van der Waals surface area contributed by atoms with E-state index in [-0.39, 0.29) is 24.0 Å². The van der Waals surface area contributed by atoms with Gasteiger partial charge in [-0.1, -0.05) is 79.1 Å². The third-order valence-corrected chi connectivity index (χ3v) is 9.73. The highest BCUT2D eigenvalue weighted by molar-refractivity contribution is 5.90. The van der Waals surface area contributed by atoms with Crippen molar-refractivity contribution in [1.82, 2.24) is 0 Å². The molecule has 2 N–H and O–H groups in total. The number of hydrogen-bond acceptors (Lipinski definition) is 3. The van der Waals surface area contributed by atoms with Crippen LogP contribution in [0.3, 0.4) is 0 Å². The summed E-state index contributed by atoms with van der Waals surface area (Å²) in [4.78, 5) is 26.1. The fourth-order valence-corrected chi connectivity index (χ4v) is 7.74. The highest BCUT2D eigenvalue weighted by Crippen LogP contribution is 2.81. The summed E-state index contributed by atoms with van der Waals surface area (Å²) >= 11 is 0. The number of epoxide rings is 1. The van der Waals surface area contributed by atoms with Gasteiger partial charge in [-0.25, -0.2) is 0 Å². The molecular weight excluding hydrogens is 392 g/mol. The molecule has 1 aliphatic heterocycles. The van der Waals surface area contributed by atoms with Crippen molar-refractivity contribution in [3.05, 3.63) is 0 Å². The molecule has 3 rings (SSSR count). The van der Waals surface area contributed by atoms with Gasteiger partial charge in [-0.3, -0.25) is 9.59 Å². The molecule has 0 aromatic heterocycles. The van der Waals surface area contributed by atoms with Crippen LogP contribution < -0.4 is 0 Å². The molecule has 5 nitrogen and oxygen atoms in total. The molecule has 2 aliphatic carbocycles. The molecule has 8 atom stereocenters. The maximum atomic E-state index is 13.1. The van der Waals surface area contributed by atoms with E-state index in [4.69, 9.17) is 4.74 Å². The molecule has 0 amide bonds. The Kier molecular flexibility index (Phi) is 7.15. The highest BCUT2D eigenvalue weighted by atomic mass is 16.6. The summed E-state index contributed by atoms with van der Waals surface area (Å²) in [6, 6.07) is 0. The summed E-state index contributed by atoms with van der Waals surface area (Å²) < 4.78 is 6.11. The zero-order chi connectivity index (χ0) is 23.0. The molecule has 0 spiro atoms. The summed E-state index contributed by atoms with van der Waals surface area (Å²) in [6.45, 7) is 10.4. The molecule has 3 aliphatic rings. The minimum absolute atomic E-state index is 0.0594. The van der Waals surface area contributed by atoms with E-state index in [9.17, 15) is 19.8 Å². The average molecular weight is 437 g/mol. The van der Waals surface area contributed by atoms with Crippen LogP contribution in [0.4, 0.5) is 0 Å². The first kappa shape index (κ1) is 24.5. The maximum Gasteiger partial charge on any atom is 0.311 e. The lowest BCUT2D eigenvalue weighted by Crippen LogP contribution is -2.61. The van der Waals surface area contributed by atoms with Crippen molar-refractivity contribution in [3.63, 3.8) is 0 Å². The number of aliphatic carboxylic acids is 2. The van der Waals surface area contributed by atoms with E-state index in [2.05, 4.69) is 27.7 Å². The standard InChI is InChI=1S/C26H44O5/c1-6-10-12-17(8-3)14-25-16-19(20-21(25)31-20)26(23(29)30,24(25,5)22(27)28)15-18(9-4)13-11-7-2/h17-21H,6-16H2,1-5H3,(H,27,28)(H,29,30). The van der Waals surface area contributed by atoms with Crippen LogP contribution in [0.25, 0.3) is 0 Å². The molecule has 2 saturated carbocycles. The molecule has 5 heteroatoms. The van der Waals surface area contributed by atoms with Gasteiger partial charge in [0.15, 0.2) is 0 Å². The first-order chi connectivity index (χ1) is 14.7. The van der Waals surface area contributed by atoms with E-state index in [0.29, 0.717) is 18.8 Å². The SMILES string of the molecule is CCCCC(CC)CC12CC(C3OC31)C(CC(CC)CCCC)(C(=O)O)C2(C)C(=O)O. The molecule has 31 heavy (non-hydrogen) atoms. The Morgan fingerprint density at radius 1 is 0.935 bits per heavy atom. The van der Waals surface area contributed by atoms with Crippen LogP contribution in [0.5, 0.6) is 0 Å². The predicted molar refractivity (Wildman–Crippen MR) is 121 cm³/mol. The predicted octanol–water partition coefficient (Wildman–Crippen LogP) is 6.15. The van der Waals surface area contributed by atoms with Crippen molar-refractivity contribution < 1.29 is 24.5 Å². The van der Waals surface area contributed by atoms with Crippen LogP contribution in [0, 0.1) is 34.0 Å². The van der Waals surface area contributed by atoms with Gasteiger partial charge in [0.25, 0.3) is 0 Å². The fraction of sp³-hybridized carbons (Fsp3) is 0.923. The topological polar surface area (TPSA) is 87.1 Å². The maximum absolute atomic E-state index is 13.1. The molecule has 1 saturated heterocycles. The van der Waals surface area contributed by atoms with E-state index in [0.717, 1.165) is 57.8 Å². The molecule has 1 heterocycles. The van der Waals surface area contributed by atoms with Crippen LogP contribution in [-0.4, -0.2) is 34.4 Å². The fourth-order valence-electron chi connectivity index (χ4n) is 7.74. The minimum Gasteiger partial charge on any atom is -0.481 e. The molecule has 8 unspecified atom stereocenters. The Hall–Kier alpha value is -1.10. The lowest BCUT2D eigenvalue weighted by molar-refractivity contribution is -0.188. The summed E-state index contributed by atoms with van der Waals surface area (Å²) in [6.07, 6.45) is 10.2. The van der Waals surface area contributed by atoms with Crippen molar-refractivity contribution >= 4 is 11.9 Å². The van der Waals surface area contributed by atoms with Crippen LogP contribution in [0.15, 0.2) is 0 Å². The number of ether oxygens (including phenoxy) is 1. The summed E-state index contributed by atoms with van der Waals surface area (Å²) in [5.41, 5.74) is -3.11. The van der Waals surface area contributed by atoms with Crippen molar-refractivity contribution in [2.24, 2.45) is 34.0 Å². The molecule has 0 aromatic rings. The largest absolute Gasteiger partial charge is 0.481 e. The molecule has 0 aromatic carbocycles. The average Bonchev–Trinajstić information content (AvgIpc) is 3.44. The Bertz CT molecular complexity index is 677. The molecule has 3 fully saturated rings. The molecular formula is C26H44O5. The van der Waals surface area contributed by atoms with E-state index < -0.39 is 28.2 Å². The Morgan fingerprint density at radius 2 is 1.48 bits per heavy atom. The first-order valence-corrected chi connectivity index (χ1v) is 12.8. The van der Waals surface area contributed by atoms with Crippen LogP contribution in [0.1, 0.15) is 105 Å². The van der Waals surface area contributed by atoms with Crippen LogP contribution in [0.2, 0.25) is 0 Å². The number of hydrogen-bond donors (Lipinski definition) is 2. The van der Waals surface area contributed by atoms with Crippen LogP contribution in [-0.2, 0) is 14.3 Å². The second-order valence-electron chi connectivity index (χ2n) is 10.9. The number of unbranched alkanes of at least 4 members (excludes halogenated alkanes) is 2. The Balaban J connectivity index is 2.05. The van der Waals surface area contributed by atoms with E-state index in [1.807, 2.05) is 0 Å². The van der Waals surface area contributed by atoms with Crippen molar-refractivity contribution in [2.45, 2.75) is 117 Å². The lowest BCUT2D eigenvalue weighted by Gasteiger charge is -2.51. The smallest absolute Gasteiger partial charge is 0.311 e. The van der Waals surface area contributed by atoms with Gasteiger partial charge >= 0.3 is 11.9 Å².